The van der Waals surface area contributed by atoms with Crippen LogP contribution in [0.5, 0.6) is 0 Å². The molecule has 7 heteroatoms. The molecule has 0 unspecified atom stereocenters. The van der Waals surface area contributed by atoms with E-state index in [0.717, 1.165) is 25.0 Å². The summed E-state index contributed by atoms with van der Waals surface area (Å²) in [5, 5.41) is 3.81. The van der Waals surface area contributed by atoms with Gasteiger partial charge in [0.05, 0.1) is 10.7 Å². The first-order valence-corrected chi connectivity index (χ1v) is 7.32. The highest BCUT2D eigenvalue weighted by Gasteiger charge is 2.19. The molecule has 0 aromatic carbocycles. The molecule has 0 atom stereocenters. The molecule has 0 spiro atoms. The van der Waals surface area contributed by atoms with Gasteiger partial charge in [-0.3, -0.25) is 10.1 Å². The summed E-state index contributed by atoms with van der Waals surface area (Å²) in [5.41, 5.74) is 1.20. The maximum atomic E-state index is 12.1. The average molecular weight is 314 g/mol. The quantitative estimate of drug-likeness (QED) is 0.862. The third kappa shape index (κ3) is 2.59. The molecule has 2 aromatic rings. The summed E-state index contributed by atoms with van der Waals surface area (Å²) in [6, 6.07) is 3.09. The molecule has 1 amide bonds. The van der Waals surface area contributed by atoms with Crippen LogP contribution in [0.25, 0.3) is 0 Å². The number of hydrogen-bond donors (Lipinski definition) is 1. The number of carbonyl (C=O) groups excluding carboxylic acids is 1. The van der Waals surface area contributed by atoms with Crippen LogP contribution >= 0.6 is 34.5 Å². The monoisotopic (exact) mass is 313 g/mol. The van der Waals surface area contributed by atoms with Crippen LogP contribution in [0.2, 0.25) is 10.2 Å². The largest absolute Gasteiger partial charge is 0.296 e. The van der Waals surface area contributed by atoms with Crippen molar-refractivity contribution in [3.8, 4) is 0 Å². The van der Waals surface area contributed by atoms with E-state index in [9.17, 15) is 4.79 Å². The molecule has 0 saturated carbocycles. The highest BCUT2D eigenvalue weighted by Crippen LogP contribution is 2.30. The van der Waals surface area contributed by atoms with Gasteiger partial charge in [0, 0.05) is 4.88 Å². The highest BCUT2D eigenvalue weighted by atomic mass is 35.5. The van der Waals surface area contributed by atoms with Crippen LogP contribution in [0.15, 0.2) is 12.1 Å². The van der Waals surface area contributed by atoms with Gasteiger partial charge < -0.3 is 0 Å². The van der Waals surface area contributed by atoms with Gasteiger partial charge in [0.2, 0.25) is 0 Å². The van der Waals surface area contributed by atoms with Crippen LogP contribution in [-0.2, 0) is 12.8 Å². The van der Waals surface area contributed by atoms with Gasteiger partial charge in [-0.15, -0.1) is 11.3 Å². The number of pyridine rings is 1. The normalized spacial score (nSPS) is 13.4. The molecule has 98 valence electrons. The highest BCUT2D eigenvalue weighted by molar-refractivity contribution is 7.16. The molecule has 1 aliphatic carbocycles. The van der Waals surface area contributed by atoms with E-state index in [1.807, 2.05) is 0 Å². The van der Waals surface area contributed by atoms with E-state index < -0.39 is 0 Å². The molecule has 1 aliphatic rings. The number of fused-ring (bicyclic) bond motifs is 1. The van der Waals surface area contributed by atoms with Crippen LogP contribution in [0.4, 0.5) is 5.13 Å². The van der Waals surface area contributed by atoms with Gasteiger partial charge in [0.15, 0.2) is 5.13 Å². The second-order valence-electron chi connectivity index (χ2n) is 4.16. The summed E-state index contributed by atoms with van der Waals surface area (Å²) in [5.74, 6) is -0.389. The van der Waals surface area contributed by atoms with Crippen LogP contribution in [-0.4, -0.2) is 15.9 Å². The number of rotatable bonds is 2. The number of halogens is 2. The third-order valence-electron chi connectivity index (χ3n) is 2.84. The van der Waals surface area contributed by atoms with E-state index in [-0.39, 0.29) is 21.8 Å². The molecule has 2 heterocycles. The predicted octanol–water partition coefficient (Wildman–Crippen LogP) is 3.59. The molecular formula is C12H9Cl2N3OS. The van der Waals surface area contributed by atoms with E-state index in [0.29, 0.717) is 5.13 Å². The molecular weight excluding hydrogens is 305 g/mol. The first-order chi connectivity index (χ1) is 9.13. The number of amides is 1. The van der Waals surface area contributed by atoms with Gasteiger partial charge >= 0.3 is 0 Å². The minimum absolute atomic E-state index is 0.115. The van der Waals surface area contributed by atoms with Crippen molar-refractivity contribution >= 4 is 45.6 Å². The standard InChI is InChI=1S/C12H9Cl2N3OS/c13-6-4-5-9(14)16-10(6)11(18)17-12-15-7-2-1-3-8(7)19-12/h4-5H,1-3H2,(H,15,17,18). The maximum absolute atomic E-state index is 12.1. The zero-order chi connectivity index (χ0) is 13.4. The van der Waals surface area contributed by atoms with Crippen LogP contribution < -0.4 is 5.32 Å². The smallest absolute Gasteiger partial charge is 0.277 e. The van der Waals surface area contributed by atoms with Crippen LogP contribution in [0.1, 0.15) is 27.5 Å². The summed E-state index contributed by atoms with van der Waals surface area (Å²) in [6.45, 7) is 0. The zero-order valence-electron chi connectivity index (χ0n) is 9.74. The molecule has 0 bridgehead atoms. The van der Waals surface area contributed by atoms with Gasteiger partial charge in [-0.2, -0.15) is 0 Å². The molecule has 4 nitrogen and oxygen atoms in total. The van der Waals surface area contributed by atoms with Crippen molar-refractivity contribution in [2.24, 2.45) is 0 Å². The summed E-state index contributed by atoms with van der Waals surface area (Å²) in [6.07, 6.45) is 3.17. The lowest BCUT2D eigenvalue weighted by molar-refractivity contribution is 0.102. The number of hydrogen-bond acceptors (Lipinski definition) is 4. The van der Waals surface area contributed by atoms with Gasteiger partial charge in [-0.25, -0.2) is 9.97 Å². The van der Waals surface area contributed by atoms with E-state index >= 15 is 0 Å². The van der Waals surface area contributed by atoms with E-state index in [2.05, 4.69) is 15.3 Å². The van der Waals surface area contributed by atoms with Crippen molar-refractivity contribution in [1.82, 2.24) is 9.97 Å². The molecule has 0 aliphatic heterocycles. The Morgan fingerprint density at radius 1 is 1.26 bits per heavy atom. The number of nitrogens with one attached hydrogen (secondary N) is 1. The topological polar surface area (TPSA) is 54.9 Å². The maximum Gasteiger partial charge on any atom is 0.277 e. The minimum Gasteiger partial charge on any atom is -0.296 e. The first-order valence-electron chi connectivity index (χ1n) is 5.75. The zero-order valence-corrected chi connectivity index (χ0v) is 12.1. The van der Waals surface area contributed by atoms with Crippen molar-refractivity contribution in [3.05, 3.63) is 38.6 Å². The Bertz CT molecular complexity index is 635. The number of anilines is 1. The Kier molecular flexibility index (Phi) is 3.43. The Morgan fingerprint density at radius 3 is 2.89 bits per heavy atom. The lowest BCUT2D eigenvalue weighted by atomic mass is 10.3. The molecule has 3 rings (SSSR count). The third-order valence-corrected chi connectivity index (χ3v) is 4.43. The number of aryl methyl sites for hydroxylation is 2. The van der Waals surface area contributed by atoms with Gasteiger partial charge in [0.1, 0.15) is 10.8 Å². The SMILES string of the molecule is O=C(Nc1nc2c(s1)CCC2)c1nc(Cl)ccc1Cl. The van der Waals surface area contributed by atoms with Crippen molar-refractivity contribution in [1.29, 1.82) is 0 Å². The van der Waals surface area contributed by atoms with Gasteiger partial charge in [0.25, 0.3) is 5.91 Å². The lowest BCUT2D eigenvalue weighted by Gasteiger charge is -2.03. The second kappa shape index (κ2) is 5.07. The van der Waals surface area contributed by atoms with Crippen molar-refractivity contribution < 1.29 is 4.79 Å². The lowest BCUT2D eigenvalue weighted by Crippen LogP contribution is -2.14. The Morgan fingerprint density at radius 2 is 2.11 bits per heavy atom. The molecule has 0 fully saturated rings. The summed E-state index contributed by atoms with van der Waals surface area (Å²) in [7, 11) is 0. The van der Waals surface area contributed by atoms with Crippen LogP contribution in [0.3, 0.4) is 0 Å². The Labute approximate surface area is 123 Å². The van der Waals surface area contributed by atoms with Crippen molar-refractivity contribution in [3.63, 3.8) is 0 Å². The first kappa shape index (κ1) is 12.8. The number of carbonyl (C=O) groups is 1. The van der Waals surface area contributed by atoms with E-state index in [4.69, 9.17) is 23.2 Å². The summed E-state index contributed by atoms with van der Waals surface area (Å²) in [4.78, 5) is 21.6. The Hall–Kier alpha value is -1.17. The molecule has 0 radical (unpaired) electrons. The Balaban J connectivity index is 1.82. The fourth-order valence-corrected chi connectivity index (χ4v) is 3.36. The minimum atomic E-state index is -0.389. The molecule has 19 heavy (non-hydrogen) atoms. The van der Waals surface area contributed by atoms with E-state index in [1.165, 1.54) is 16.2 Å². The van der Waals surface area contributed by atoms with E-state index in [1.54, 1.807) is 12.1 Å². The molecule has 0 saturated heterocycles. The van der Waals surface area contributed by atoms with Gasteiger partial charge in [-0.1, -0.05) is 23.2 Å². The molecule has 1 N–H and O–H groups in total. The second-order valence-corrected chi connectivity index (χ2v) is 6.04. The fourth-order valence-electron chi connectivity index (χ4n) is 1.98. The number of nitrogens with zero attached hydrogens (tertiary/aromatic N) is 2. The summed E-state index contributed by atoms with van der Waals surface area (Å²) >= 11 is 13.2. The van der Waals surface area contributed by atoms with Crippen LogP contribution in [0, 0.1) is 0 Å². The fraction of sp³-hybridized carbons (Fsp3) is 0.250. The van der Waals surface area contributed by atoms with Crippen molar-refractivity contribution in [2.45, 2.75) is 19.3 Å². The molecule has 2 aromatic heterocycles. The number of aromatic nitrogens is 2. The summed E-state index contributed by atoms with van der Waals surface area (Å²) < 4.78 is 0. The number of thiazole rings is 1. The predicted molar refractivity (Wildman–Crippen MR) is 76.3 cm³/mol. The average Bonchev–Trinajstić information content (AvgIpc) is 2.92. The van der Waals surface area contributed by atoms with Crippen molar-refractivity contribution in [2.75, 3.05) is 5.32 Å². The van der Waals surface area contributed by atoms with Gasteiger partial charge in [-0.05, 0) is 31.4 Å².